The lowest BCUT2D eigenvalue weighted by molar-refractivity contribution is -0.135. The van der Waals surface area contributed by atoms with Crippen molar-refractivity contribution in [2.24, 2.45) is 0 Å². The molecule has 7 nitrogen and oxygen atoms in total. The third-order valence-corrected chi connectivity index (χ3v) is 2.35. The fourth-order valence-electron chi connectivity index (χ4n) is 1.49. The largest absolute Gasteiger partial charge is 0.480 e. The monoisotopic (exact) mass is 259 g/mol. The van der Waals surface area contributed by atoms with E-state index in [1.165, 1.54) is 11.2 Å². The van der Waals surface area contributed by atoms with E-state index in [0.717, 1.165) is 5.69 Å². The van der Waals surface area contributed by atoms with Crippen LogP contribution in [0.25, 0.3) is 0 Å². The quantitative estimate of drug-likeness (QED) is 0.831. The van der Waals surface area contributed by atoms with Crippen molar-refractivity contribution in [1.82, 2.24) is 15.0 Å². The Morgan fingerprint density at radius 3 is 3.00 bits per heavy atom. The summed E-state index contributed by atoms with van der Waals surface area (Å²) in [4.78, 5) is 24.3. The molecule has 0 aliphatic rings. The van der Waals surface area contributed by atoms with Crippen molar-refractivity contribution in [1.29, 1.82) is 0 Å². The number of carboxylic acid groups (broad SMARTS) is 1. The first-order valence-corrected chi connectivity index (χ1v) is 5.57. The molecule has 0 saturated heterocycles. The average Bonchev–Trinajstić information content (AvgIpc) is 2.39. The minimum Gasteiger partial charge on any atom is -0.480 e. The lowest BCUT2D eigenvalue weighted by Crippen LogP contribution is -2.26. The molecule has 2 aromatic rings. The molecule has 0 spiro atoms. The number of hydrogen-bond donors (Lipinski definition) is 2. The Kier molecular flexibility index (Phi) is 3.87. The summed E-state index contributed by atoms with van der Waals surface area (Å²) in [5, 5.41) is 11.8. The smallest absolute Gasteiger partial charge is 0.323 e. The summed E-state index contributed by atoms with van der Waals surface area (Å²) in [6, 6.07) is 5.34. The molecule has 0 radical (unpaired) electrons. The Morgan fingerprint density at radius 2 is 2.32 bits per heavy atom. The number of rotatable bonds is 5. The predicted octanol–water partition coefficient (Wildman–Crippen LogP) is 1.14. The van der Waals surface area contributed by atoms with E-state index in [1.54, 1.807) is 31.6 Å². The number of hydrogen-bond acceptors (Lipinski definition) is 6. The van der Waals surface area contributed by atoms with Crippen molar-refractivity contribution in [3.8, 4) is 0 Å². The van der Waals surface area contributed by atoms with E-state index in [2.05, 4.69) is 20.3 Å². The highest BCUT2D eigenvalue weighted by atomic mass is 16.4. The lowest BCUT2D eigenvalue weighted by Gasteiger charge is -2.15. The third kappa shape index (κ3) is 3.63. The first-order chi connectivity index (χ1) is 9.15. The van der Waals surface area contributed by atoms with Gasteiger partial charge in [0, 0.05) is 19.3 Å². The normalized spacial score (nSPS) is 9.95. The van der Waals surface area contributed by atoms with Gasteiger partial charge < -0.3 is 15.3 Å². The second-order valence-electron chi connectivity index (χ2n) is 3.88. The lowest BCUT2D eigenvalue weighted by atomic mass is 10.4. The maximum atomic E-state index is 10.7. The molecule has 7 heteroatoms. The zero-order chi connectivity index (χ0) is 13.7. The Balaban J connectivity index is 2.13. The van der Waals surface area contributed by atoms with Crippen LogP contribution >= 0.6 is 0 Å². The molecule has 0 aromatic carbocycles. The van der Waals surface area contributed by atoms with Gasteiger partial charge in [-0.1, -0.05) is 0 Å². The molecular formula is C12H13N5O2. The van der Waals surface area contributed by atoms with Crippen molar-refractivity contribution in [2.45, 2.75) is 0 Å². The molecule has 2 rings (SSSR count). The molecule has 0 unspecified atom stereocenters. The minimum atomic E-state index is -0.914. The Bertz CT molecular complexity index is 561. The van der Waals surface area contributed by atoms with E-state index in [0.29, 0.717) is 11.6 Å². The van der Waals surface area contributed by atoms with Crippen molar-refractivity contribution in [2.75, 3.05) is 23.8 Å². The van der Waals surface area contributed by atoms with E-state index in [4.69, 9.17) is 5.11 Å². The molecule has 0 saturated carbocycles. The van der Waals surface area contributed by atoms with E-state index >= 15 is 0 Å². The van der Waals surface area contributed by atoms with Crippen molar-refractivity contribution in [3.63, 3.8) is 0 Å². The highest BCUT2D eigenvalue weighted by Crippen LogP contribution is 2.16. The van der Waals surface area contributed by atoms with Crippen molar-refractivity contribution >= 4 is 23.3 Å². The summed E-state index contributed by atoms with van der Waals surface area (Å²) in [5.74, 6) is 0.196. The second-order valence-corrected chi connectivity index (χ2v) is 3.88. The maximum absolute atomic E-state index is 10.7. The van der Waals surface area contributed by atoms with Crippen LogP contribution in [0.3, 0.4) is 0 Å². The molecule has 0 atom stereocenters. The van der Waals surface area contributed by atoms with Crippen LogP contribution < -0.4 is 10.2 Å². The molecule has 0 bridgehead atoms. The Labute approximate surface area is 110 Å². The van der Waals surface area contributed by atoms with Crippen LogP contribution in [0.15, 0.2) is 36.9 Å². The standard InChI is InChI=1S/C12H13N5O2/c1-17(7-12(18)19)11-5-10(14-8-15-11)16-9-3-2-4-13-6-9/h2-6,8H,7H2,1H3,(H,18,19)(H,14,15,16). The van der Waals surface area contributed by atoms with Gasteiger partial charge in [-0.25, -0.2) is 9.97 Å². The molecule has 98 valence electrons. The van der Waals surface area contributed by atoms with Crippen LogP contribution in [0.4, 0.5) is 17.3 Å². The average molecular weight is 259 g/mol. The summed E-state index contributed by atoms with van der Waals surface area (Å²) in [5.41, 5.74) is 0.799. The summed E-state index contributed by atoms with van der Waals surface area (Å²) in [7, 11) is 1.66. The van der Waals surface area contributed by atoms with Crippen LogP contribution in [-0.2, 0) is 4.79 Å². The molecule has 2 N–H and O–H groups in total. The second kappa shape index (κ2) is 5.76. The number of carboxylic acids is 1. The molecule has 19 heavy (non-hydrogen) atoms. The van der Waals surface area contributed by atoms with Gasteiger partial charge in [-0.05, 0) is 12.1 Å². The van der Waals surface area contributed by atoms with E-state index in [1.807, 2.05) is 6.07 Å². The highest BCUT2D eigenvalue weighted by molar-refractivity contribution is 5.73. The number of aromatic nitrogens is 3. The van der Waals surface area contributed by atoms with Crippen LogP contribution in [0.5, 0.6) is 0 Å². The molecule has 2 heterocycles. The molecule has 0 aliphatic carbocycles. The van der Waals surface area contributed by atoms with Gasteiger partial charge in [0.2, 0.25) is 0 Å². The number of nitrogens with one attached hydrogen (secondary N) is 1. The molecule has 0 aliphatic heterocycles. The molecule has 0 amide bonds. The van der Waals surface area contributed by atoms with Crippen molar-refractivity contribution in [3.05, 3.63) is 36.9 Å². The van der Waals surface area contributed by atoms with Crippen LogP contribution in [0, 0.1) is 0 Å². The van der Waals surface area contributed by atoms with Crippen LogP contribution in [-0.4, -0.2) is 39.6 Å². The number of nitrogens with zero attached hydrogens (tertiary/aromatic N) is 4. The first kappa shape index (κ1) is 12.7. The minimum absolute atomic E-state index is 0.122. The number of pyridine rings is 1. The third-order valence-electron chi connectivity index (χ3n) is 2.35. The fourth-order valence-corrected chi connectivity index (χ4v) is 1.49. The number of carbonyl (C=O) groups is 1. The number of likely N-dealkylation sites (N-methyl/N-ethyl adjacent to an activating group) is 1. The molecule has 2 aromatic heterocycles. The topological polar surface area (TPSA) is 91.2 Å². The highest BCUT2D eigenvalue weighted by Gasteiger charge is 2.08. The van der Waals surface area contributed by atoms with Gasteiger partial charge in [0.15, 0.2) is 0 Å². The van der Waals surface area contributed by atoms with Crippen LogP contribution in [0.2, 0.25) is 0 Å². The summed E-state index contributed by atoms with van der Waals surface area (Å²) < 4.78 is 0. The number of aliphatic carboxylic acids is 1. The summed E-state index contributed by atoms with van der Waals surface area (Å²) >= 11 is 0. The Morgan fingerprint density at radius 1 is 1.47 bits per heavy atom. The van der Waals surface area contributed by atoms with Crippen molar-refractivity contribution < 1.29 is 9.90 Å². The van der Waals surface area contributed by atoms with Gasteiger partial charge >= 0.3 is 5.97 Å². The first-order valence-electron chi connectivity index (χ1n) is 5.57. The fraction of sp³-hybridized carbons (Fsp3) is 0.167. The van der Waals surface area contributed by atoms with Gasteiger partial charge in [0.1, 0.15) is 24.5 Å². The van der Waals surface area contributed by atoms with Gasteiger partial charge in [-0.2, -0.15) is 0 Å². The predicted molar refractivity (Wildman–Crippen MR) is 70.5 cm³/mol. The molecule has 0 fully saturated rings. The summed E-state index contributed by atoms with van der Waals surface area (Å²) in [6.45, 7) is -0.122. The zero-order valence-electron chi connectivity index (χ0n) is 10.3. The van der Waals surface area contributed by atoms with Gasteiger partial charge in [-0.15, -0.1) is 0 Å². The molecular weight excluding hydrogens is 246 g/mol. The van der Waals surface area contributed by atoms with Gasteiger partial charge in [-0.3, -0.25) is 9.78 Å². The van der Waals surface area contributed by atoms with Gasteiger partial charge in [0.05, 0.1) is 11.9 Å². The number of anilines is 3. The van der Waals surface area contributed by atoms with Crippen LogP contribution in [0.1, 0.15) is 0 Å². The maximum Gasteiger partial charge on any atom is 0.323 e. The van der Waals surface area contributed by atoms with E-state index < -0.39 is 5.97 Å². The summed E-state index contributed by atoms with van der Waals surface area (Å²) in [6.07, 6.45) is 4.73. The Hall–Kier alpha value is -2.70. The zero-order valence-corrected chi connectivity index (χ0v) is 10.3. The van der Waals surface area contributed by atoms with Gasteiger partial charge in [0.25, 0.3) is 0 Å². The van der Waals surface area contributed by atoms with E-state index in [9.17, 15) is 4.79 Å². The van der Waals surface area contributed by atoms with E-state index in [-0.39, 0.29) is 6.54 Å². The SMILES string of the molecule is CN(CC(=O)O)c1cc(Nc2cccnc2)ncn1.